The number of nitrogen functional groups attached to an aromatic ring is 1. The molecule has 0 fully saturated rings. The molecule has 0 aliphatic carbocycles. The molecule has 6 nitrogen and oxygen atoms in total. The zero-order valence-electron chi connectivity index (χ0n) is 16.5. The van der Waals surface area contributed by atoms with Gasteiger partial charge in [0.25, 0.3) is 11.8 Å². The fourth-order valence-electron chi connectivity index (χ4n) is 3.60. The number of hydrogen-bond donors (Lipinski definition) is 3. The molecule has 2 aromatic carbocycles. The van der Waals surface area contributed by atoms with Gasteiger partial charge in [-0.1, -0.05) is 12.1 Å². The topological polar surface area (TPSA) is 97.1 Å². The fraction of sp³-hybridized carbons (Fsp3) is 0.174. The SMILES string of the molecule is CCNC(=O)c1ccc(F)c(-c2cnc(N)c(-c3ccc4c(c3)CCNC4=O)c2)c1. The van der Waals surface area contributed by atoms with Gasteiger partial charge in [-0.15, -0.1) is 0 Å². The third kappa shape index (κ3) is 3.61. The molecule has 4 N–H and O–H groups in total. The number of nitrogens with one attached hydrogen (secondary N) is 2. The number of fused-ring (bicyclic) bond motifs is 1. The fourth-order valence-corrected chi connectivity index (χ4v) is 3.60. The van der Waals surface area contributed by atoms with Crippen molar-refractivity contribution in [2.45, 2.75) is 13.3 Å². The minimum absolute atomic E-state index is 0.0908. The largest absolute Gasteiger partial charge is 0.383 e. The summed E-state index contributed by atoms with van der Waals surface area (Å²) in [6, 6.07) is 11.5. The Balaban J connectivity index is 1.77. The van der Waals surface area contributed by atoms with E-state index >= 15 is 0 Å². The third-order valence-corrected chi connectivity index (χ3v) is 5.14. The minimum atomic E-state index is -0.456. The molecule has 4 rings (SSSR count). The molecule has 1 aliphatic rings. The van der Waals surface area contributed by atoms with Crippen LogP contribution in [-0.4, -0.2) is 29.9 Å². The average molecular weight is 404 g/mol. The van der Waals surface area contributed by atoms with Gasteiger partial charge in [0.1, 0.15) is 11.6 Å². The number of nitrogens with two attached hydrogens (primary N) is 1. The van der Waals surface area contributed by atoms with E-state index in [1.807, 2.05) is 19.1 Å². The van der Waals surface area contributed by atoms with Gasteiger partial charge in [-0.3, -0.25) is 9.59 Å². The first-order chi connectivity index (χ1) is 14.5. The highest BCUT2D eigenvalue weighted by Gasteiger charge is 2.18. The Hall–Kier alpha value is -3.74. The van der Waals surface area contributed by atoms with Crippen molar-refractivity contribution in [3.8, 4) is 22.3 Å². The molecule has 2 heterocycles. The molecule has 0 saturated heterocycles. The molecule has 1 aromatic heterocycles. The van der Waals surface area contributed by atoms with Crippen molar-refractivity contribution in [3.63, 3.8) is 0 Å². The summed E-state index contributed by atoms with van der Waals surface area (Å²) in [4.78, 5) is 28.4. The molecule has 2 amide bonds. The van der Waals surface area contributed by atoms with E-state index < -0.39 is 5.82 Å². The van der Waals surface area contributed by atoms with E-state index in [1.54, 1.807) is 12.1 Å². The van der Waals surface area contributed by atoms with Gasteiger partial charge in [-0.25, -0.2) is 9.37 Å². The number of nitrogens with zero attached hydrogens (tertiary/aromatic N) is 1. The number of carbonyl (C=O) groups excluding carboxylic acids is 2. The molecule has 152 valence electrons. The van der Waals surface area contributed by atoms with Crippen molar-refractivity contribution in [3.05, 3.63) is 71.2 Å². The van der Waals surface area contributed by atoms with Crippen LogP contribution in [0, 0.1) is 5.82 Å². The van der Waals surface area contributed by atoms with Crippen molar-refractivity contribution in [2.24, 2.45) is 0 Å². The second-order valence-electron chi connectivity index (χ2n) is 7.09. The van der Waals surface area contributed by atoms with Crippen molar-refractivity contribution >= 4 is 17.6 Å². The molecule has 30 heavy (non-hydrogen) atoms. The molecule has 0 saturated carbocycles. The molecule has 0 radical (unpaired) electrons. The summed E-state index contributed by atoms with van der Waals surface area (Å²) in [5, 5.41) is 5.53. The Morgan fingerprint density at radius 3 is 2.77 bits per heavy atom. The normalized spacial score (nSPS) is 12.8. The maximum atomic E-state index is 14.6. The molecule has 7 heteroatoms. The monoisotopic (exact) mass is 404 g/mol. The summed E-state index contributed by atoms with van der Waals surface area (Å²) < 4.78 is 14.6. The van der Waals surface area contributed by atoms with Gasteiger partial charge < -0.3 is 16.4 Å². The molecule has 0 atom stereocenters. The number of hydrogen-bond acceptors (Lipinski definition) is 4. The molecular formula is C23H21FN4O2. The third-order valence-electron chi connectivity index (χ3n) is 5.14. The maximum absolute atomic E-state index is 14.6. The molecule has 0 unspecified atom stereocenters. The standard InChI is InChI=1S/C23H21FN4O2/c1-2-26-22(29)15-4-6-20(24)18(10-15)16-11-19(21(25)28-12-16)13-3-5-17-14(9-13)7-8-27-23(17)30/h3-6,9-12H,2,7-8H2,1H3,(H2,25,28)(H,26,29)(H,27,30). The smallest absolute Gasteiger partial charge is 0.251 e. The lowest BCUT2D eigenvalue weighted by atomic mass is 9.94. The van der Waals surface area contributed by atoms with Gasteiger partial charge in [0.2, 0.25) is 0 Å². The zero-order chi connectivity index (χ0) is 21.3. The number of anilines is 1. The van der Waals surface area contributed by atoms with Crippen molar-refractivity contribution in [1.29, 1.82) is 0 Å². The number of aromatic nitrogens is 1. The highest BCUT2D eigenvalue weighted by molar-refractivity contribution is 5.98. The van der Waals surface area contributed by atoms with Crippen LogP contribution in [0.2, 0.25) is 0 Å². The summed E-state index contributed by atoms with van der Waals surface area (Å²) in [5.74, 6) is -0.510. The Bertz CT molecular complexity index is 1160. The van der Waals surface area contributed by atoms with Crippen LogP contribution >= 0.6 is 0 Å². The van der Waals surface area contributed by atoms with E-state index in [4.69, 9.17) is 5.73 Å². The van der Waals surface area contributed by atoms with Gasteiger partial charge in [-0.05, 0) is 54.8 Å². The first kappa shape index (κ1) is 19.6. The summed E-state index contributed by atoms with van der Waals surface area (Å²) in [7, 11) is 0. The second-order valence-corrected chi connectivity index (χ2v) is 7.09. The summed E-state index contributed by atoms with van der Waals surface area (Å²) in [5.41, 5.74) is 10.3. The van der Waals surface area contributed by atoms with Crippen molar-refractivity contribution in [1.82, 2.24) is 15.6 Å². The van der Waals surface area contributed by atoms with Crippen LogP contribution in [0.3, 0.4) is 0 Å². The predicted molar refractivity (Wildman–Crippen MR) is 114 cm³/mol. The summed E-state index contributed by atoms with van der Waals surface area (Å²) in [6.07, 6.45) is 2.22. The lowest BCUT2D eigenvalue weighted by Gasteiger charge is -2.18. The van der Waals surface area contributed by atoms with E-state index in [1.165, 1.54) is 24.4 Å². The summed E-state index contributed by atoms with van der Waals surface area (Å²) in [6.45, 7) is 2.89. The quantitative estimate of drug-likeness (QED) is 0.622. The van der Waals surface area contributed by atoms with E-state index in [2.05, 4.69) is 15.6 Å². The Labute approximate surface area is 173 Å². The predicted octanol–water partition coefficient (Wildman–Crippen LogP) is 3.17. The number of amides is 2. The lowest BCUT2D eigenvalue weighted by molar-refractivity contribution is 0.0941. The van der Waals surface area contributed by atoms with Gasteiger partial charge in [-0.2, -0.15) is 0 Å². The molecule has 0 spiro atoms. The van der Waals surface area contributed by atoms with Crippen molar-refractivity contribution < 1.29 is 14.0 Å². The van der Waals surface area contributed by atoms with Crippen LogP contribution in [0.25, 0.3) is 22.3 Å². The highest BCUT2D eigenvalue weighted by Crippen LogP contribution is 2.32. The number of benzene rings is 2. The minimum Gasteiger partial charge on any atom is -0.383 e. The summed E-state index contributed by atoms with van der Waals surface area (Å²) >= 11 is 0. The number of carbonyl (C=O) groups is 2. The van der Waals surface area contributed by atoms with Crippen LogP contribution in [0.4, 0.5) is 10.2 Å². The number of pyridine rings is 1. The van der Waals surface area contributed by atoms with E-state index in [-0.39, 0.29) is 17.4 Å². The van der Waals surface area contributed by atoms with Crippen LogP contribution < -0.4 is 16.4 Å². The molecular weight excluding hydrogens is 383 g/mol. The van der Waals surface area contributed by atoms with Gasteiger partial charge in [0.05, 0.1) is 0 Å². The van der Waals surface area contributed by atoms with Gasteiger partial charge in [0.15, 0.2) is 0 Å². The van der Waals surface area contributed by atoms with Gasteiger partial charge in [0, 0.05) is 47.1 Å². The van der Waals surface area contributed by atoms with E-state index in [0.717, 1.165) is 17.5 Å². The molecule has 1 aliphatic heterocycles. The average Bonchev–Trinajstić information content (AvgIpc) is 2.75. The number of rotatable bonds is 4. The highest BCUT2D eigenvalue weighted by atomic mass is 19.1. The maximum Gasteiger partial charge on any atom is 0.251 e. The Kier molecular flexibility index (Phi) is 5.18. The van der Waals surface area contributed by atoms with Crippen LogP contribution in [0.15, 0.2) is 48.7 Å². The van der Waals surface area contributed by atoms with Crippen LogP contribution in [0.5, 0.6) is 0 Å². The second kappa shape index (κ2) is 7.94. The van der Waals surface area contributed by atoms with E-state index in [0.29, 0.717) is 41.2 Å². The molecule has 0 bridgehead atoms. The first-order valence-corrected chi connectivity index (χ1v) is 9.73. The number of halogens is 1. The first-order valence-electron chi connectivity index (χ1n) is 9.73. The Morgan fingerprint density at radius 2 is 1.97 bits per heavy atom. The molecule has 3 aromatic rings. The van der Waals surface area contributed by atoms with Crippen LogP contribution in [0.1, 0.15) is 33.2 Å². The van der Waals surface area contributed by atoms with E-state index in [9.17, 15) is 14.0 Å². The van der Waals surface area contributed by atoms with Gasteiger partial charge >= 0.3 is 0 Å². The lowest BCUT2D eigenvalue weighted by Crippen LogP contribution is -2.31. The van der Waals surface area contributed by atoms with Crippen LogP contribution in [-0.2, 0) is 6.42 Å². The Morgan fingerprint density at radius 1 is 1.13 bits per heavy atom. The van der Waals surface area contributed by atoms with Crippen molar-refractivity contribution in [2.75, 3.05) is 18.8 Å². The zero-order valence-corrected chi connectivity index (χ0v) is 16.5.